The molecule has 1 heterocycles. The van der Waals surface area contributed by atoms with Gasteiger partial charge in [-0.1, -0.05) is 6.92 Å². The molecule has 0 radical (unpaired) electrons. The second-order valence-electron chi connectivity index (χ2n) is 3.43. The van der Waals surface area contributed by atoms with Crippen molar-refractivity contribution < 1.29 is 4.79 Å². The number of hydrogen-bond acceptors (Lipinski definition) is 2. The van der Waals surface area contributed by atoms with Crippen molar-refractivity contribution in [1.82, 2.24) is 4.98 Å². The third-order valence-electron chi connectivity index (χ3n) is 2.27. The van der Waals surface area contributed by atoms with Crippen LogP contribution in [-0.4, -0.2) is 10.8 Å². The Balaban J connectivity index is 2.47. The smallest absolute Gasteiger partial charge is 0.164 e. The van der Waals surface area contributed by atoms with Crippen molar-refractivity contribution in [3.05, 3.63) is 29.6 Å². The van der Waals surface area contributed by atoms with E-state index in [2.05, 4.69) is 11.9 Å². The fourth-order valence-electron chi connectivity index (χ4n) is 1.68. The van der Waals surface area contributed by atoms with Gasteiger partial charge in [0.15, 0.2) is 5.78 Å². The lowest BCUT2D eigenvalue weighted by Crippen LogP contribution is -2.18. The molecule has 0 bridgehead atoms. The summed E-state index contributed by atoms with van der Waals surface area (Å²) in [5.41, 5.74) is 1.80. The Morgan fingerprint density at radius 2 is 2.33 bits per heavy atom. The summed E-state index contributed by atoms with van der Waals surface area (Å²) < 4.78 is 0. The molecule has 0 N–H and O–H groups in total. The summed E-state index contributed by atoms with van der Waals surface area (Å²) in [5, 5.41) is 0. The minimum atomic E-state index is 0.247. The average Bonchev–Trinajstić information content (AvgIpc) is 2.04. The zero-order valence-corrected chi connectivity index (χ0v) is 7.08. The quantitative estimate of drug-likeness (QED) is 0.581. The average molecular weight is 161 g/mol. The number of hydrogen-bond donors (Lipinski definition) is 0. The van der Waals surface area contributed by atoms with Gasteiger partial charge in [-0.15, -0.1) is 0 Å². The first-order valence-electron chi connectivity index (χ1n) is 4.24. The molecule has 2 nitrogen and oxygen atoms in total. The van der Waals surface area contributed by atoms with E-state index < -0.39 is 0 Å². The molecule has 0 fully saturated rings. The highest BCUT2D eigenvalue weighted by Gasteiger charge is 2.22. The number of aromatic nitrogens is 1. The van der Waals surface area contributed by atoms with Crippen LogP contribution in [0.1, 0.15) is 29.4 Å². The molecule has 1 aromatic heterocycles. The maximum atomic E-state index is 11.5. The maximum absolute atomic E-state index is 11.5. The first-order valence-corrected chi connectivity index (χ1v) is 4.24. The molecule has 1 atom stereocenters. The molecule has 0 aliphatic heterocycles. The molecule has 1 unspecified atom stereocenters. The molecule has 12 heavy (non-hydrogen) atoms. The fourth-order valence-corrected chi connectivity index (χ4v) is 1.68. The SMILES string of the molecule is CC1CC(=O)c2cccnc2C1. The zero-order chi connectivity index (χ0) is 8.55. The van der Waals surface area contributed by atoms with E-state index in [0.717, 1.165) is 17.7 Å². The molecular formula is C10H11NO. The first-order chi connectivity index (χ1) is 5.77. The number of rotatable bonds is 0. The maximum Gasteiger partial charge on any atom is 0.164 e. The van der Waals surface area contributed by atoms with Crippen LogP contribution in [0, 0.1) is 5.92 Å². The standard InChI is InChI=1S/C10H11NO/c1-7-5-9-8(10(12)6-7)3-2-4-11-9/h2-4,7H,5-6H2,1H3. The van der Waals surface area contributed by atoms with Gasteiger partial charge < -0.3 is 0 Å². The van der Waals surface area contributed by atoms with Crippen molar-refractivity contribution in [2.75, 3.05) is 0 Å². The van der Waals surface area contributed by atoms with Gasteiger partial charge in [0.2, 0.25) is 0 Å². The monoisotopic (exact) mass is 161 g/mol. The summed E-state index contributed by atoms with van der Waals surface area (Å²) >= 11 is 0. The normalized spacial score (nSPS) is 22.1. The Bertz CT molecular complexity index is 319. The summed E-state index contributed by atoms with van der Waals surface area (Å²) in [6, 6.07) is 3.70. The van der Waals surface area contributed by atoms with E-state index in [4.69, 9.17) is 0 Å². The largest absolute Gasteiger partial charge is 0.294 e. The van der Waals surface area contributed by atoms with Gasteiger partial charge in [0, 0.05) is 18.2 Å². The first kappa shape index (κ1) is 7.47. The van der Waals surface area contributed by atoms with Crippen LogP contribution in [-0.2, 0) is 6.42 Å². The lowest BCUT2D eigenvalue weighted by molar-refractivity contribution is 0.0952. The molecule has 0 amide bonds. The number of carbonyl (C=O) groups is 1. The summed E-state index contributed by atoms with van der Waals surface area (Å²) in [6.45, 7) is 2.09. The third kappa shape index (κ3) is 1.13. The van der Waals surface area contributed by atoms with Crippen LogP contribution in [0.5, 0.6) is 0 Å². The Hall–Kier alpha value is -1.18. The van der Waals surface area contributed by atoms with Gasteiger partial charge in [-0.2, -0.15) is 0 Å². The molecule has 0 aromatic carbocycles. The molecular weight excluding hydrogens is 150 g/mol. The van der Waals surface area contributed by atoms with E-state index in [1.807, 2.05) is 12.1 Å². The van der Waals surface area contributed by atoms with Gasteiger partial charge in [0.1, 0.15) is 0 Å². The highest BCUT2D eigenvalue weighted by molar-refractivity contribution is 5.98. The molecule has 2 heteroatoms. The molecule has 1 aliphatic rings. The lowest BCUT2D eigenvalue weighted by Gasteiger charge is -2.18. The van der Waals surface area contributed by atoms with Crippen molar-refractivity contribution in [2.24, 2.45) is 5.92 Å². The second-order valence-corrected chi connectivity index (χ2v) is 3.43. The predicted octanol–water partition coefficient (Wildman–Crippen LogP) is 1.85. The molecule has 2 rings (SSSR count). The van der Waals surface area contributed by atoms with Crippen LogP contribution in [0.3, 0.4) is 0 Å². The fraction of sp³-hybridized carbons (Fsp3) is 0.400. The molecule has 0 saturated carbocycles. The van der Waals surface area contributed by atoms with Gasteiger partial charge in [-0.05, 0) is 24.5 Å². The Labute approximate surface area is 71.6 Å². The van der Waals surface area contributed by atoms with Crippen molar-refractivity contribution in [1.29, 1.82) is 0 Å². The Morgan fingerprint density at radius 1 is 1.50 bits per heavy atom. The van der Waals surface area contributed by atoms with Gasteiger partial charge in [0.05, 0.1) is 5.69 Å². The molecule has 1 aromatic rings. The van der Waals surface area contributed by atoms with Gasteiger partial charge >= 0.3 is 0 Å². The van der Waals surface area contributed by atoms with E-state index in [-0.39, 0.29) is 5.78 Å². The van der Waals surface area contributed by atoms with Gasteiger partial charge in [0.25, 0.3) is 0 Å². The van der Waals surface area contributed by atoms with Crippen LogP contribution in [0.4, 0.5) is 0 Å². The summed E-state index contributed by atoms with van der Waals surface area (Å²) in [4.78, 5) is 15.7. The van der Waals surface area contributed by atoms with E-state index in [9.17, 15) is 4.79 Å². The predicted molar refractivity (Wildman–Crippen MR) is 46.1 cm³/mol. The highest BCUT2D eigenvalue weighted by atomic mass is 16.1. The number of nitrogens with zero attached hydrogens (tertiary/aromatic N) is 1. The van der Waals surface area contributed by atoms with E-state index >= 15 is 0 Å². The number of fused-ring (bicyclic) bond motifs is 1. The third-order valence-corrected chi connectivity index (χ3v) is 2.27. The van der Waals surface area contributed by atoms with E-state index in [1.54, 1.807) is 6.20 Å². The van der Waals surface area contributed by atoms with Crippen LogP contribution < -0.4 is 0 Å². The van der Waals surface area contributed by atoms with Crippen LogP contribution in [0.25, 0.3) is 0 Å². The van der Waals surface area contributed by atoms with Crippen molar-refractivity contribution in [2.45, 2.75) is 19.8 Å². The van der Waals surface area contributed by atoms with Crippen LogP contribution in [0.2, 0.25) is 0 Å². The van der Waals surface area contributed by atoms with Crippen molar-refractivity contribution in [3.8, 4) is 0 Å². The molecule has 62 valence electrons. The van der Waals surface area contributed by atoms with E-state index in [1.165, 1.54) is 0 Å². The van der Waals surface area contributed by atoms with Crippen molar-refractivity contribution >= 4 is 5.78 Å². The van der Waals surface area contributed by atoms with Crippen molar-refractivity contribution in [3.63, 3.8) is 0 Å². The lowest BCUT2D eigenvalue weighted by atomic mass is 9.87. The van der Waals surface area contributed by atoms with Crippen LogP contribution >= 0.6 is 0 Å². The minimum absolute atomic E-state index is 0.247. The number of pyridine rings is 1. The Kier molecular flexibility index (Phi) is 1.68. The minimum Gasteiger partial charge on any atom is -0.294 e. The molecule has 0 saturated heterocycles. The van der Waals surface area contributed by atoms with Crippen LogP contribution in [0.15, 0.2) is 18.3 Å². The second kappa shape index (κ2) is 2.70. The summed E-state index contributed by atoms with van der Waals surface area (Å²) in [7, 11) is 0. The topological polar surface area (TPSA) is 30.0 Å². The summed E-state index contributed by atoms with van der Waals surface area (Å²) in [5.74, 6) is 0.705. The number of carbonyl (C=O) groups excluding carboxylic acids is 1. The highest BCUT2D eigenvalue weighted by Crippen LogP contribution is 2.22. The molecule has 1 aliphatic carbocycles. The van der Waals surface area contributed by atoms with Gasteiger partial charge in [-0.3, -0.25) is 9.78 Å². The van der Waals surface area contributed by atoms with E-state index in [0.29, 0.717) is 12.3 Å². The number of ketones is 1. The summed E-state index contributed by atoms with van der Waals surface area (Å²) in [6.07, 6.45) is 3.38. The number of Topliss-reactive ketones (excluding diaryl/α,β-unsaturated/α-hetero) is 1. The molecule has 0 spiro atoms. The Morgan fingerprint density at radius 3 is 3.17 bits per heavy atom. The van der Waals surface area contributed by atoms with Gasteiger partial charge in [-0.25, -0.2) is 0 Å². The zero-order valence-electron chi connectivity index (χ0n) is 7.08.